The van der Waals surface area contributed by atoms with Crippen molar-refractivity contribution < 1.29 is 4.84 Å². The minimum atomic E-state index is -0.329. The lowest BCUT2D eigenvalue weighted by Gasteiger charge is -2.13. The first-order valence-electron chi connectivity index (χ1n) is 7.62. The van der Waals surface area contributed by atoms with Gasteiger partial charge in [-0.15, -0.1) is 0 Å². The van der Waals surface area contributed by atoms with Crippen LogP contribution >= 0.6 is 11.6 Å². The van der Waals surface area contributed by atoms with E-state index in [-0.39, 0.29) is 16.9 Å². The molecular weight excluding hydrogens is 338 g/mol. The van der Waals surface area contributed by atoms with E-state index in [1.54, 1.807) is 38.2 Å². The number of fused-ring (bicyclic) bond motifs is 1. The van der Waals surface area contributed by atoms with Crippen LogP contribution in [0.3, 0.4) is 0 Å². The van der Waals surface area contributed by atoms with E-state index in [0.717, 1.165) is 5.39 Å². The molecule has 5 nitrogen and oxygen atoms in total. The third kappa shape index (κ3) is 3.46. The Morgan fingerprint density at radius 2 is 2.08 bits per heavy atom. The molecule has 0 saturated carbocycles. The van der Waals surface area contributed by atoms with E-state index in [1.165, 1.54) is 0 Å². The van der Waals surface area contributed by atoms with Gasteiger partial charge in [0.05, 0.1) is 17.0 Å². The Morgan fingerprint density at radius 3 is 2.76 bits per heavy atom. The summed E-state index contributed by atoms with van der Waals surface area (Å²) in [6.07, 6.45) is 1.66. The third-order valence-electron chi connectivity index (χ3n) is 3.51. The van der Waals surface area contributed by atoms with Gasteiger partial charge in [-0.25, -0.2) is 0 Å². The van der Waals surface area contributed by atoms with Crippen LogP contribution in [0.25, 0.3) is 27.9 Å². The first-order valence-corrected chi connectivity index (χ1v) is 7.99. The normalized spacial score (nSPS) is 10.5. The zero-order chi connectivity index (χ0) is 18.0. The van der Waals surface area contributed by atoms with Crippen LogP contribution in [0.5, 0.6) is 0 Å². The monoisotopic (exact) mass is 353 g/mol. The Kier molecular flexibility index (Phi) is 4.67. The van der Waals surface area contributed by atoms with Gasteiger partial charge in [-0.2, -0.15) is 0 Å². The number of aromatic amines is 1. The summed E-state index contributed by atoms with van der Waals surface area (Å²) in [4.78, 5) is 25.2. The fourth-order valence-corrected chi connectivity index (χ4v) is 2.67. The van der Waals surface area contributed by atoms with Crippen LogP contribution in [0, 0.1) is 0 Å². The highest BCUT2D eigenvalue weighted by Crippen LogP contribution is 2.33. The van der Waals surface area contributed by atoms with Crippen LogP contribution in [0.15, 0.2) is 59.1 Å². The third-order valence-corrected chi connectivity index (χ3v) is 3.75. The van der Waals surface area contributed by atoms with Crippen LogP contribution in [0.1, 0.15) is 19.4 Å². The van der Waals surface area contributed by atoms with Crippen molar-refractivity contribution in [2.45, 2.75) is 13.8 Å². The van der Waals surface area contributed by atoms with Gasteiger partial charge in [0.2, 0.25) is 0 Å². The Hall–Kier alpha value is -2.92. The maximum absolute atomic E-state index is 12.7. The van der Waals surface area contributed by atoms with Crippen molar-refractivity contribution in [2.75, 3.05) is 0 Å². The molecule has 1 aromatic carbocycles. The molecule has 0 fully saturated rings. The molecule has 25 heavy (non-hydrogen) atoms. The van der Waals surface area contributed by atoms with E-state index in [9.17, 15) is 4.79 Å². The fourth-order valence-electron chi connectivity index (χ4n) is 2.50. The molecule has 0 aliphatic rings. The van der Waals surface area contributed by atoms with Gasteiger partial charge in [0, 0.05) is 27.7 Å². The van der Waals surface area contributed by atoms with Crippen LogP contribution in [0.2, 0.25) is 5.02 Å². The highest BCUT2D eigenvalue weighted by molar-refractivity contribution is 6.31. The minimum absolute atomic E-state index is 0.143. The number of nitrogens with zero attached hydrogens (tertiary/aromatic N) is 2. The molecule has 1 N–H and O–H groups in total. The maximum Gasteiger partial charge on any atom is 0.260 e. The van der Waals surface area contributed by atoms with E-state index >= 15 is 0 Å². The lowest BCUT2D eigenvalue weighted by Crippen LogP contribution is -2.15. The average Bonchev–Trinajstić information content (AvgIpc) is 2.59. The van der Waals surface area contributed by atoms with Gasteiger partial charge in [0.25, 0.3) is 5.56 Å². The molecule has 0 aliphatic carbocycles. The molecule has 0 radical (unpaired) electrons. The average molecular weight is 354 g/mol. The molecule has 2 aromatic heterocycles. The fraction of sp³-hybridized carbons (Fsp3) is 0.105. The predicted molar refractivity (Wildman–Crippen MR) is 102 cm³/mol. The number of oxime groups is 1. The first-order chi connectivity index (χ1) is 12.0. The van der Waals surface area contributed by atoms with Crippen molar-refractivity contribution in [1.82, 2.24) is 9.97 Å². The zero-order valence-corrected chi connectivity index (χ0v) is 14.6. The topological polar surface area (TPSA) is 67.3 Å². The number of H-pyrrole nitrogens is 1. The van der Waals surface area contributed by atoms with Gasteiger partial charge >= 0.3 is 0 Å². The van der Waals surface area contributed by atoms with Crippen LogP contribution in [-0.4, -0.2) is 15.7 Å². The number of halogens is 1. The molecule has 2 heterocycles. The Labute approximate surface area is 149 Å². The summed E-state index contributed by atoms with van der Waals surface area (Å²) in [6.45, 7) is 7.44. The van der Waals surface area contributed by atoms with Crippen molar-refractivity contribution in [2.24, 2.45) is 5.16 Å². The summed E-state index contributed by atoms with van der Waals surface area (Å²) in [5, 5.41) is 5.20. The van der Waals surface area contributed by atoms with Crippen molar-refractivity contribution in [3.05, 3.63) is 70.1 Å². The van der Waals surface area contributed by atoms with Crippen molar-refractivity contribution in [3.8, 4) is 11.3 Å². The van der Waals surface area contributed by atoms with E-state index < -0.39 is 0 Å². The first kappa shape index (κ1) is 16.9. The molecule has 126 valence electrons. The molecular formula is C19H16ClN3O2. The molecule has 0 aliphatic heterocycles. The van der Waals surface area contributed by atoms with Crippen LogP contribution in [-0.2, 0) is 4.84 Å². The molecule has 0 spiro atoms. The van der Waals surface area contributed by atoms with Gasteiger partial charge in [0.1, 0.15) is 0 Å². The number of benzene rings is 1. The number of rotatable bonds is 4. The summed E-state index contributed by atoms with van der Waals surface area (Å²) in [6, 6.07) is 10.7. The summed E-state index contributed by atoms with van der Waals surface area (Å²) in [5.41, 5.74) is 2.54. The Bertz CT molecular complexity index is 1040. The zero-order valence-electron chi connectivity index (χ0n) is 13.8. The minimum Gasteiger partial charge on any atom is -0.357 e. The van der Waals surface area contributed by atoms with E-state index in [1.807, 2.05) is 18.2 Å². The molecule has 0 unspecified atom stereocenters. The number of hydrogen-bond donors (Lipinski definition) is 1. The van der Waals surface area contributed by atoms with Gasteiger partial charge in [0.15, 0.2) is 5.76 Å². The lowest BCUT2D eigenvalue weighted by atomic mass is 9.99. The molecule has 0 saturated heterocycles. The van der Waals surface area contributed by atoms with Gasteiger partial charge < -0.3 is 9.82 Å². The van der Waals surface area contributed by atoms with Crippen molar-refractivity contribution in [1.29, 1.82) is 0 Å². The van der Waals surface area contributed by atoms with Gasteiger partial charge in [-0.3, -0.25) is 9.78 Å². The van der Waals surface area contributed by atoms with Crippen molar-refractivity contribution in [3.63, 3.8) is 0 Å². The number of nitrogens with one attached hydrogen (secondary N) is 1. The number of pyridine rings is 2. The summed E-state index contributed by atoms with van der Waals surface area (Å²) >= 11 is 6.16. The molecule has 0 amide bonds. The summed E-state index contributed by atoms with van der Waals surface area (Å²) in [7, 11) is 0. The second kappa shape index (κ2) is 6.91. The van der Waals surface area contributed by atoms with E-state index in [2.05, 4.69) is 21.7 Å². The summed E-state index contributed by atoms with van der Waals surface area (Å²) < 4.78 is 0. The Balaban J connectivity index is 2.35. The number of aromatic nitrogens is 2. The second-order valence-electron chi connectivity index (χ2n) is 5.66. The van der Waals surface area contributed by atoms with Gasteiger partial charge in [-0.05, 0) is 44.2 Å². The quantitative estimate of drug-likeness (QED) is 0.422. The largest absolute Gasteiger partial charge is 0.357 e. The lowest BCUT2D eigenvalue weighted by molar-refractivity contribution is 0.298. The van der Waals surface area contributed by atoms with E-state index in [0.29, 0.717) is 27.5 Å². The summed E-state index contributed by atoms with van der Waals surface area (Å²) in [5.74, 6) is 0.143. The molecule has 3 rings (SSSR count). The van der Waals surface area contributed by atoms with Crippen LogP contribution < -0.4 is 5.56 Å². The maximum atomic E-state index is 12.7. The molecule has 0 bridgehead atoms. The molecule has 6 heteroatoms. The smallest absolute Gasteiger partial charge is 0.260 e. The molecule has 0 atom stereocenters. The number of hydrogen-bond acceptors (Lipinski definition) is 4. The Morgan fingerprint density at radius 1 is 1.28 bits per heavy atom. The van der Waals surface area contributed by atoms with Gasteiger partial charge in [-0.1, -0.05) is 29.4 Å². The van der Waals surface area contributed by atoms with E-state index in [4.69, 9.17) is 16.4 Å². The van der Waals surface area contributed by atoms with Crippen molar-refractivity contribution >= 4 is 34.0 Å². The second-order valence-corrected chi connectivity index (χ2v) is 6.10. The molecule has 3 aromatic rings. The highest BCUT2D eigenvalue weighted by atomic mass is 35.5. The standard InChI is InChI=1S/C19H16ClN3O2/c1-11(2)23-25-12(3)17-18(16-6-4-5-9-21-16)14-10-13(20)7-8-15(14)22-19(17)24/h4-10H,3H2,1-2H3,(H,22,24). The SMILES string of the molecule is C=C(ON=C(C)C)c1c(-c2ccccn2)c2cc(Cl)ccc2[nH]c1=O. The predicted octanol–water partition coefficient (Wildman–Crippen LogP) is 4.63. The van der Waals surface area contributed by atoms with Crippen LogP contribution in [0.4, 0.5) is 0 Å². The highest BCUT2D eigenvalue weighted by Gasteiger charge is 2.19.